The van der Waals surface area contributed by atoms with Crippen molar-refractivity contribution in [3.05, 3.63) is 0 Å². The first kappa shape index (κ1) is 14.5. The minimum atomic E-state index is 0. The third kappa shape index (κ3) is 10.0. The third-order valence-electron chi connectivity index (χ3n) is 2.50. The van der Waals surface area contributed by atoms with Gasteiger partial charge in [0.2, 0.25) is 0 Å². The number of hydrogen-bond donors (Lipinski definition) is 0. The van der Waals surface area contributed by atoms with Crippen LogP contribution in [0.15, 0.2) is 0 Å². The van der Waals surface area contributed by atoms with Gasteiger partial charge in [-0.05, 0) is 5.92 Å². The lowest BCUT2D eigenvalue weighted by Gasteiger charge is -2.06. The fourth-order valence-electron chi connectivity index (χ4n) is 1.30. The van der Waals surface area contributed by atoms with Crippen molar-refractivity contribution in [3.63, 3.8) is 0 Å². The van der Waals surface area contributed by atoms with Crippen molar-refractivity contribution < 1.29 is 0 Å². The Kier molecular flexibility index (Phi) is 13.3. The average molecular weight is 172 g/mol. The van der Waals surface area contributed by atoms with Gasteiger partial charge in [-0.2, -0.15) is 0 Å². The lowest BCUT2D eigenvalue weighted by Crippen LogP contribution is -1.91. The van der Waals surface area contributed by atoms with Gasteiger partial charge >= 0.3 is 0 Å². The smallest absolute Gasteiger partial charge is 0.0445 e. The lowest BCUT2D eigenvalue weighted by atomic mass is 10.0. The monoisotopic (exact) mass is 172 g/mol. The first-order chi connectivity index (χ1) is 5.31. The third-order valence-corrected chi connectivity index (χ3v) is 2.50. The topological polar surface area (TPSA) is 0 Å². The quantitative estimate of drug-likeness (QED) is 0.472. The van der Waals surface area contributed by atoms with E-state index in [1.165, 1.54) is 44.9 Å². The van der Waals surface area contributed by atoms with Crippen LogP contribution in [0.5, 0.6) is 0 Å². The van der Waals surface area contributed by atoms with Crippen LogP contribution < -0.4 is 0 Å². The Morgan fingerprint density at radius 1 is 0.917 bits per heavy atom. The van der Waals surface area contributed by atoms with E-state index < -0.39 is 0 Å². The minimum absolute atomic E-state index is 0. The zero-order valence-electron chi connectivity index (χ0n) is 8.53. The molecule has 0 aliphatic carbocycles. The molecule has 0 fully saturated rings. The van der Waals surface area contributed by atoms with Gasteiger partial charge in [-0.25, -0.2) is 0 Å². The van der Waals surface area contributed by atoms with Gasteiger partial charge in [-0.3, -0.25) is 0 Å². The second kappa shape index (κ2) is 11.0. The summed E-state index contributed by atoms with van der Waals surface area (Å²) in [5.74, 6) is 0.955. The fraction of sp³-hybridized carbons (Fsp3) is 1.00. The fourth-order valence-corrected chi connectivity index (χ4v) is 1.30. The first-order valence-corrected chi connectivity index (χ1v) is 5.31. The number of rotatable bonds is 7. The summed E-state index contributed by atoms with van der Waals surface area (Å²) < 4.78 is 0. The van der Waals surface area contributed by atoms with E-state index >= 15 is 0 Å². The molecule has 0 heteroatoms. The molecule has 0 aliphatic heterocycles. The van der Waals surface area contributed by atoms with Crippen LogP contribution in [0.2, 0.25) is 0 Å². The molecule has 0 saturated carbocycles. The van der Waals surface area contributed by atoms with Crippen molar-refractivity contribution in [2.24, 2.45) is 5.92 Å². The molecule has 0 saturated heterocycles. The van der Waals surface area contributed by atoms with E-state index in [0.717, 1.165) is 5.92 Å². The molecule has 0 bridgehead atoms. The maximum atomic E-state index is 2.36. The number of hydrogen-bond acceptors (Lipinski definition) is 0. The largest absolute Gasteiger partial charge is 0.0776 e. The molecule has 1 atom stereocenters. The zero-order chi connectivity index (χ0) is 8.53. The molecule has 0 nitrogen and oxygen atoms in total. The van der Waals surface area contributed by atoms with Gasteiger partial charge in [0.05, 0.1) is 0 Å². The van der Waals surface area contributed by atoms with Crippen molar-refractivity contribution in [1.82, 2.24) is 0 Å². The maximum absolute atomic E-state index is 2.36. The summed E-state index contributed by atoms with van der Waals surface area (Å²) in [5, 5.41) is 0. The van der Waals surface area contributed by atoms with Gasteiger partial charge in [-0.15, -0.1) is 0 Å². The van der Waals surface area contributed by atoms with E-state index in [4.69, 9.17) is 0 Å². The van der Waals surface area contributed by atoms with Crippen LogP contribution in [-0.2, 0) is 0 Å². The molecular formula is C12H28. The summed E-state index contributed by atoms with van der Waals surface area (Å²) in [6.07, 6.45) is 9.96. The van der Waals surface area contributed by atoms with E-state index in [-0.39, 0.29) is 7.43 Å². The van der Waals surface area contributed by atoms with Crippen LogP contribution in [0.3, 0.4) is 0 Å². The van der Waals surface area contributed by atoms with Gasteiger partial charge in [0.25, 0.3) is 0 Å². The minimum Gasteiger partial charge on any atom is -0.0776 e. The lowest BCUT2D eigenvalue weighted by molar-refractivity contribution is 0.474. The Hall–Kier alpha value is 0. The van der Waals surface area contributed by atoms with Gasteiger partial charge in [0, 0.05) is 0 Å². The van der Waals surface area contributed by atoms with Crippen LogP contribution >= 0.6 is 0 Å². The van der Waals surface area contributed by atoms with Crippen LogP contribution in [0.25, 0.3) is 0 Å². The Bertz CT molecular complexity index is 66.4. The summed E-state index contributed by atoms with van der Waals surface area (Å²) >= 11 is 0. The van der Waals surface area contributed by atoms with Gasteiger partial charge in [0.1, 0.15) is 0 Å². The van der Waals surface area contributed by atoms with Crippen LogP contribution in [0.4, 0.5) is 0 Å². The molecular weight excluding hydrogens is 144 g/mol. The summed E-state index contributed by atoms with van der Waals surface area (Å²) in [5.41, 5.74) is 0. The molecule has 76 valence electrons. The summed E-state index contributed by atoms with van der Waals surface area (Å²) in [4.78, 5) is 0. The second-order valence-corrected chi connectivity index (χ2v) is 3.72. The van der Waals surface area contributed by atoms with E-state index in [2.05, 4.69) is 20.8 Å². The van der Waals surface area contributed by atoms with Crippen molar-refractivity contribution >= 4 is 0 Å². The highest BCUT2D eigenvalue weighted by molar-refractivity contribution is 4.50. The molecule has 0 spiro atoms. The second-order valence-electron chi connectivity index (χ2n) is 3.72. The van der Waals surface area contributed by atoms with Crippen molar-refractivity contribution in [2.45, 2.75) is 73.1 Å². The number of unbranched alkanes of at least 4 members (excludes halogenated alkanes) is 4. The summed E-state index contributed by atoms with van der Waals surface area (Å²) in [6.45, 7) is 6.92. The SMILES string of the molecule is C.CCCCCCCC(C)CC. The van der Waals surface area contributed by atoms with Crippen LogP contribution in [0.1, 0.15) is 73.1 Å². The zero-order valence-corrected chi connectivity index (χ0v) is 8.53. The Labute approximate surface area is 79.8 Å². The van der Waals surface area contributed by atoms with E-state index in [0.29, 0.717) is 0 Å². The Balaban J connectivity index is 0. The Morgan fingerprint density at radius 3 is 2.00 bits per heavy atom. The van der Waals surface area contributed by atoms with Gasteiger partial charge in [0.15, 0.2) is 0 Å². The predicted octanol–water partition coefficient (Wildman–Crippen LogP) is 5.03. The molecule has 0 radical (unpaired) electrons. The van der Waals surface area contributed by atoms with Crippen molar-refractivity contribution in [1.29, 1.82) is 0 Å². The molecule has 0 aromatic rings. The van der Waals surface area contributed by atoms with Crippen LogP contribution in [-0.4, -0.2) is 0 Å². The van der Waals surface area contributed by atoms with E-state index in [1.807, 2.05) is 0 Å². The molecule has 0 aromatic heterocycles. The molecule has 0 aliphatic rings. The summed E-state index contributed by atoms with van der Waals surface area (Å²) in [7, 11) is 0. The molecule has 0 N–H and O–H groups in total. The van der Waals surface area contributed by atoms with Crippen molar-refractivity contribution in [3.8, 4) is 0 Å². The highest BCUT2D eigenvalue weighted by Gasteiger charge is 1.97. The maximum Gasteiger partial charge on any atom is -0.0445 e. The molecule has 12 heavy (non-hydrogen) atoms. The molecule has 0 heterocycles. The van der Waals surface area contributed by atoms with Crippen molar-refractivity contribution in [2.75, 3.05) is 0 Å². The average Bonchev–Trinajstić information content (AvgIpc) is 2.04. The van der Waals surface area contributed by atoms with E-state index in [1.54, 1.807) is 0 Å². The molecule has 0 amide bonds. The standard InChI is InChI=1S/C11H24.CH4/c1-4-6-7-8-9-10-11(3)5-2;/h11H,4-10H2,1-3H3;1H4. The normalized spacial score (nSPS) is 12.2. The molecule has 0 aromatic carbocycles. The first-order valence-electron chi connectivity index (χ1n) is 5.31. The van der Waals surface area contributed by atoms with Crippen LogP contribution in [0, 0.1) is 5.92 Å². The predicted molar refractivity (Wildman–Crippen MR) is 59.6 cm³/mol. The summed E-state index contributed by atoms with van der Waals surface area (Å²) in [6, 6.07) is 0. The Morgan fingerprint density at radius 2 is 1.50 bits per heavy atom. The highest BCUT2D eigenvalue weighted by Crippen LogP contribution is 2.13. The van der Waals surface area contributed by atoms with Gasteiger partial charge < -0.3 is 0 Å². The highest BCUT2D eigenvalue weighted by atomic mass is 14.0. The molecule has 1 unspecified atom stereocenters. The molecule has 0 rings (SSSR count). The van der Waals surface area contributed by atoms with E-state index in [9.17, 15) is 0 Å². The van der Waals surface area contributed by atoms with Gasteiger partial charge in [-0.1, -0.05) is 73.1 Å².